The molecule has 0 radical (unpaired) electrons. The number of fused-ring (bicyclic) bond motifs is 7. The second-order valence-corrected chi connectivity index (χ2v) is 21.1. The first kappa shape index (κ1) is 43.5. The highest BCUT2D eigenvalue weighted by Gasteiger charge is 2.71. The van der Waals surface area contributed by atoms with Gasteiger partial charge in [0.25, 0.3) is 0 Å². The Kier molecular flexibility index (Phi) is 11.8. The molecule has 0 saturated heterocycles. The van der Waals surface area contributed by atoms with Gasteiger partial charge >= 0.3 is 11.9 Å². The Hall–Kier alpha value is -3.11. The third-order valence-corrected chi connectivity index (χ3v) is 16.9. The predicted molar refractivity (Wildman–Crippen MR) is 220 cm³/mol. The lowest BCUT2D eigenvalue weighted by Crippen LogP contribution is -2.66. The van der Waals surface area contributed by atoms with E-state index in [9.17, 15) is 29.4 Å². The van der Waals surface area contributed by atoms with Gasteiger partial charge in [-0.25, -0.2) is 0 Å². The maximum Gasteiger partial charge on any atom is 0.309 e. The number of ketones is 1. The molecule has 10 heteroatoms. The van der Waals surface area contributed by atoms with Gasteiger partial charge in [0.1, 0.15) is 6.10 Å². The third-order valence-electron chi connectivity index (χ3n) is 16.9. The van der Waals surface area contributed by atoms with E-state index >= 15 is 0 Å². The lowest BCUT2D eigenvalue weighted by molar-refractivity contribution is -0.235. The van der Waals surface area contributed by atoms with E-state index in [4.69, 9.17) is 4.74 Å². The summed E-state index contributed by atoms with van der Waals surface area (Å²) in [6.45, 7) is 23.1. The molecule has 4 fully saturated rings. The fourth-order valence-corrected chi connectivity index (χ4v) is 13.7. The number of aliphatic carboxylic acids is 1. The standard InChI is InChI=1S/C47H71N3O7/c1-29(2)39-33(52)25-47(36(53)28-50(24-23-49-30(3)51)27-31-15-21-48-22-16-31)20-19-45(9)32(40(39)47)11-12-35-44(8)17-14-37(57-38(54)26-42(4,5)41(55)56)43(6,7)34(44)13-18-46(35,45)10/h15-16,21-22,29,32,34-37,53H,11-14,17-20,23-28H2,1-10H3,(H,49,51)(H,55,56). The number of pyridine rings is 1. The fraction of sp³-hybridized carbons (Fsp3) is 0.766. The van der Waals surface area contributed by atoms with Gasteiger partial charge in [-0.2, -0.15) is 0 Å². The molecule has 5 aliphatic rings. The van der Waals surface area contributed by atoms with Crippen molar-refractivity contribution in [2.45, 2.75) is 152 Å². The van der Waals surface area contributed by atoms with E-state index in [-0.39, 0.29) is 57.7 Å². The van der Waals surface area contributed by atoms with E-state index in [2.05, 4.69) is 63.7 Å². The van der Waals surface area contributed by atoms with E-state index in [0.29, 0.717) is 44.4 Å². The number of aliphatic hydroxyl groups is 1. The van der Waals surface area contributed by atoms with Gasteiger partial charge in [0.2, 0.25) is 5.91 Å². The lowest BCUT2D eigenvalue weighted by Gasteiger charge is -2.72. The van der Waals surface area contributed by atoms with Gasteiger partial charge < -0.3 is 20.3 Å². The van der Waals surface area contributed by atoms with E-state index in [1.54, 1.807) is 26.2 Å². The smallest absolute Gasteiger partial charge is 0.309 e. The van der Waals surface area contributed by atoms with Crippen molar-refractivity contribution >= 4 is 23.6 Å². The average Bonchev–Trinajstić information content (AvgIpc) is 3.43. The first-order valence-corrected chi connectivity index (χ1v) is 21.8. The molecule has 3 N–H and O–H groups in total. The zero-order valence-corrected chi connectivity index (χ0v) is 36.5. The molecule has 1 aromatic rings. The summed E-state index contributed by atoms with van der Waals surface area (Å²) in [4.78, 5) is 57.4. The topological polar surface area (TPSA) is 146 Å². The highest BCUT2D eigenvalue weighted by atomic mass is 16.5. The minimum absolute atomic E-state index is 0.00977. The van der Waals surface area contributed by atoms with Crippen LogP contribution in [0.4, 0.5) is 0 Å². The monoisotopic (exact) mass is 790 g/mol. The van der Waals surface area contributed by atoms with Crippen molar-refractivity contribution < 1.29 is 34.1 Å². The van der Waals surface area contributed by atoms with E-state index < -0.39 is 28.9 Å². The number of hydrogen-bond acceptors (Lipinski definition) is 8. The summed E-state index contributed by atoms with van der Waals surface area (Å²) in [5, 5.41) is 25.2. The summed E-state index contributed by atoms with van der Waals surface area (Å²) in [5.74, 6) is -0.256. The molecule has 0 aliphatic heterocycles. The summed E-state index contributed by atoms with van der Waals surface area (Å²) < 4.78 is 6.18. The molecule has 10 nitrogen and oxygen atoms in total. The maximum atomic E-state index is 14.3. The number of carbonyl (C=O) groups excluding carboxylic acids is 3. The normalized spacial score (nSPS) is 35.2. The third kappa shape index (κ3) is 7.42. The molecule has 1 aromatic heterocycles. The predicted octanol–water partition coefficient (Wildman–Crippen LogP) is 7.77. The van der Waals surface area contributed by atoms with Crippen LogP contribution in [-0.2, 0) is 30.5 Å². The molecular weight excluding hydrogens is 719 g/mol. The van der Waals surface area contributed by atoms with Crippen molar-refractivity contribution in [2.75, 3.05) is 19.6 Å². The second kappa shape index (κ2) is 15.5. The van der Waals surface area contributed by atoms with Gasteiger partial charge in [-0.3, -0.25) is 29.1 Å². The Morgan fingerprint density at radius 3 is 2.28 bits per heavy atom. The van der Waals surface area contributed by atoms with Gasteiger partial charge in [0.15, 0.2) is 5.78 Å². The Labute approximate surface area is 341 Å². The number of nitrogens with one attached hydrogen (secondary N) is 1. The van der Waals surface area contributed by atoms with Crippen molar-refractivity contribution in [3.63, 3.8) is 0 Å². The lowest BCUT2D eigenvalue weighted by atomic mass is 9.33. The number of allylic oxidation sites excluding steroid dienone is 1. The van der Waals surface area contributed by atoms with Crippen molar-refractivity contribution in [3.8, 4) is 0 Å². The summed E-state index contributed by atoms with van der Waals surface area (Å²) >= 11 is 0. The summed E-state index contributed by atoms with van der Waals surface area (Å²) in [6.07, 6.45) is 10.3. The number of aliphatic hydroxyl groups excluding tert-OH is 1. The zero-order chi connectivity index (χ0) is 41.9. The number of rotatable bonds is 13. The van der Waals surface area contributed by atoms with Crippen molar-refractivity contribution in [2.24, 2.45) is 56.2 Å². The highest BCUT2D eigenvalue weighted by Crippen LogP contribution is 2.77. The first-order chi connectivity index (χ1) is 26.5. The van der Waals surface area contributed by atoms with Crippen LogP contribution in [0.25, 0.3) is 0 Å². The molecule has 0 bridgehead atoms. The van der Waals surface area contributed by atoms with Crippen LogP contribution in [0.5, 0.6) is 0 Å². The van der Waals surface area contributed by atoms with Crippen LogP contribution in [-0.4, -0.2) is 75.6 Å². The van der Waals surface area contributed by atoms with Crippen molar-refractivity contribution in [1.82, 2.24) is 15.2 Å². The van der Waals surface area contributed by atoms with Gasteiger partial charge in [0, 0.05) is 62.7 Å². The van der Waals surface area contributed by atoms with Crippen LogP contribution in [0.2, 0.25) is 0 Å². The van der Waals surface area contributed by atoms with Gasteiger partial charge in [-0.15, -0.1) is 0 Å². The van der Waals surface area contributed by atoms with Gasteiger partial charge in [-0.1, -0.05) is 54.0 Å². The molecular formula is C47H71N3O7. The summed E-state index contributed by atoms with van der Waals surface area (Å²) in [5.41, 5.74) is 1.21. The molecule has 0 spiro atoms. The number of nitrogens with zero attached hydrogens (tertiary/aromatic N) is 2. The number of Topliss-reactive ketones (excluding diaryl/α,β-unsaturated/α-hetero) is 1. The van der Waals surface area contributed by atoms with Crippen molar-refractivity contribution in [3.05, 3.63) is 41.2 Å². The Morgan fingerprint density at radius 2 is 1.65 bits per heavy atom. The molecule has 4 saturated carbocycles. The number of carboxylic acids is 1. The summed E-state index contributed by atoms with van der Waals surface area (Å²) in [7, 11) is 0. The van der Waals surface area contributed by atoms with E-state index in [1.807, 2.05) is 12.1 Å². The Balaban J connectivity index is 1.28. The fourth-order valence-electron chi connectivity index (χ4n) is 13.7. The average molecular weight is 790 g/mol. The van der Waals surface area contributed by atoms with Crippen LogP contribution in [0.3, 0.4) is 0 Å². The molecule has 9 atom stereocenters. The summed E-state index contributed by atoms with van der Waals surface area (Å²) in [6, 6.07) is 3.97. The van der Waals surface area contributed by atoms with Crippen LogP contribution in [0.15, 0.2) is 35.7 Å². The molecule has 57 heavy (non-hydrogen) atoms. The highest BCUT2D eigenvalue weighted by molar-refractivity contribution is 6.00. The molecule has 9 unspecified atom stereocenters. The number of aromatic nitrogens is 1. The van der Waals surface area contributed by atoms with Crippen LogP contribution < -0.4 is 5.32 Å². The minimum Gasteiger partial charge on any atom is -0.481 e. The Bertz CT molecular complexity index is 1760. The molecule has 5 aliphatic carbocycles. The maximum absolute atomic E-state index is 14.3. The SMILES string of the molecule is CC(=O)NCCN(Cc1ccncc1)CC(O)C12CCC3(C)C(CCC4C5(C)CCC(OC(=O)CC(C)(C)C(=O)O)C(C)(C)C5CCC43C)C1=C(C(C)C)C(=O)C2. The second-order valence-electron chi connectivity index (χ2n) is 21.1. The first-order valence-electron chi connectivity index (χ1n) is 21.8. The molecule has 1 heterocycles. The van der Waals surface area contributed by atoms with Crippen LogP contribution in [0.1, 0.15) is 139 Å². The number of carbonyl (C=O) groups is 4. The van der Waals surface area contributed by atoms with Gasteiger partial charge in [-0.05, 0) is 128 Å². The number of esters is 1. The molecule has 316 valence electrons. The largest absolute Gasteiger partial charge is 0.481 e. The van der Waals surface area contributed by atoms with Gasteiger partial charge in [0.05, 0.1) is 17.9 Å². The number of amides is 1. The minimum atomic E-state index is -1.18. The molecule has 1 amide bonds. The van der Waals surface area contributed by atoms with Crippen molar-refractivity contribution in [1.29, 1.82) is 0 Å². The molecule has 0 aromatic carbocycles. The zero-order valence-electron chi connectivity index (χ0n) is 36.5. The number of ether oxygens (including phenoxy) is 1. The number of carboxylic acid groups (broad SMARTS) is 1. The Morgan fingerprint density at radius 1 is 0.965 bits per heavy atom. The number of hydrogen-bond donors (Lipinski definition) is 3. The van der Waals surface area contributed by atoms with Crippen LogP contribution in [0, 0.1) is 56.2 Å². The quantitative estimate of drug-likeness (QED) is 0.171. The van der Waals surface area contributed by atoms with Crippen LogP contribution >= 0.6 is 0 Å². The molecule has 6 rings (SSSR count). The van der Waals surface area contributed by atoms with E-state index in [0.717, 1.165) is 62.5 Å². The van der Waals surface area contributed by atoms with E-state index in [1.165, 1.54) is 12.5 Å².